The molecular weight excluding hydrogens is 472 g/mol. The molecule has 192 valence electrons. The Morgan fingerprint density at radius 2 is 2.03 bits per heavy atom. The number of nitrogens with zero attached hydrogens (tertiary/aromatic N) is 3. The second kappa shape index (κ2) is 14.1. The summed E-state index contributed by atoms with van der Waals surface area (Å²) in [6, 6.07) is 4.40. The van der Waals surface area contributed by atoms with Crippen molar-refractivity contribution < 1.29 is 53.4 Å². The van der Waals surface area contributed by atoms with Crippen LogP contribution in [0.15, 0.2) is 23.3 Å². The molecule has 0 bridgehead atoms. The van der Waals surface area contributed by atoms with Gasteiger partial charge in [-0.05, 0) is 23.2 Å². The molecule has 2 rings (SSSR count). The van der Waals surface area contributed by atoms with Crippen molar-refractivity contribution in [1.82, 2.24) is 0 Å². The van der Waals surface area contributed by atoms with Gasteiger partial charge in [0.1, 0.15) is 24.7 Å². The van der Waals surface area contributed by atoms with Crippen LogP contribution in [0.25, 0.3) is 10.4 Å². The first-order chi connectivity index (χ1) is 16.9. The van der Waals surface area contributed by atoms with Crippen molar-refractivity contribution in [2.45, 2.75) is 31.2 Å². The second-order valence-electron chi connectivity index (χ2n) is 7.08. The maximum Gasteiger partial charge on any atom is 0.414 e. The molecule has 0 spiro atoms. The van der Waals surface area contributed by atoms with Crippen LogP contribution in [0.4, 0.5) is 10.5 Å². The van der Waals surface area contributed by atoms with E-state index in [0.717, 1.165) is 7.11 Å². The highest BCUT2D eigenvalue weighted by atomic mass is 16.7. The van der Waals surface area contributed by atoms with Gasteiger partial charge in [0.15, 0.2) is 6.10 Å². The van der Waals surface area contributed by atoms with Crippen LogP contribution in [0.5, 0.6) is 5.75 Å². The molecule has 1 heterocycles. The second-order valence-corrected chi connectivity index (χ2v) is 7.08. The third kappa shape index (κ3) is 7.78. The predicted molar refractivity (Wildman–Crippen MR) is 115 cm³/mol. The van der Waals surface area contributed by atoms with Gasteiger partial charge in [-0.1, -0.05) is 11.2 Å². The molecule has 1 aliphatic rings. The summed E-state index contributed by atoms with van der Waals surface area (Å²) in [7, 11) is 1.04. The van der Waals surface area contributed by atoms with Crippen LogP contribution in [0.1, 0.15) is 5.56 Å². The summed E-state index contributed by atoms with van der Waals surface area (Å²) in [6.45, 7) is 0.245. The third-order valence-electron chi connectivity index (χ3n) is 4.82. The quantitative estimate of drug-likeness (QED) is 0.0742. The van der Waals surface area contributed by atoms with Gasteiger partial charge in [-0.2, -0.15) is 0 Å². The van der Waals surface area contributed by atoms with Crippen LogP contribution in [0, 0.1) is 5.92 Å². The lowest BCUT2D eigenvalue weighted by atomic mass is 9.90. The highest BCUT2D eigenvalue weighted by Crippen LogP contribution is 2.29. The summed E-state index contributed by atoms with van der Waals surface area (Å²) in [6.07, 6.45) is -7.89. The van der Waals surface area contributed by atoms with Gasteiger partial charge in [-0.25, -0.2) is 9.59 Å². The number of ether oxygens (including phenoxy) is 5. The van der Waals surface area contributed by atoms with Crippen molar-refractivity contribution in [3.8, 4) is 5.75 Å². The summed E-state index contributed by atoms with van der Waals surface area (Å²) < 4.78 is 25.6. The maximum atomic E-state index is 12.5. The largest absolute Gasteiger partial charge is 0.489 e. The van der Waals surface area contributed by atoms with E-state index in [4.69, 9.17) is 24.5 Å². The Labute approximate surface area is 199 Å². The van der Waals surface area contributed by atoms with Crippen LogP contribution in [-0.2, 0) is 35.1 Å². The SMILES string of the molecule is COC(=O)[C@H]1O[C@@H](OC(=O)Nc2ccc(CO)cc2OCCOCCN=[N+]=[N-])[C@H](O)C(O)[C@@H]1C=O. The van der Waals surface area contributed by atoms with Gasteiger partial charge in [0, 0.05) is 11.5 Å². The first kappa shape index (κ1) is 27.8. The smallest absolute Gasteiger partial charge is 0.414 e. The van der Waals surface area contributed by atoms with Crippen LogP contribution < -0.4 is 10.1 Å². The molecule has 1 unspecified atom stereocenters. The van der Waals surface area contributed by atoms with Crippen molar-refractivity contribution in [2.75, 3.05) is 38.8 Å². The van der Waals surface area contributed by atoms with Gasteiger partial charge in [0.2, 0.25) is 6.29 Å². The molecule has 1 fully saturated rings. The predicted octanol–water partition coefficient (Wildman–Crippen LogP) is -0.132. The van der Waals surface area contributed by atoms with Crippen molar-refractivity contribution in [3.63, 3.8) is 0 Å². The molecule has 0 radical (unpaired) electrons. The van der Waals surface area contributed by atoms with Crippen LogP contribution in [0.3, 0.4) is 0 Å². The van der Waals surface area contributed by atoms with E-state index in [1.54, 1.807) is 0 Å². The number of rotatable bonds is 12. The van der Waals surface area contributed by atoms with Gasteiger partial charge in [0.05, 0.1) is 44.6 Å². The highest BCUT2D eigenvalue weighted by molar-refractivity contribution is 5.87. The molecule has 15 heteroatoms. The summed E-state index contributed by atoms with van der Waals surface area (Å²) >= 11 is 0. The van der Waals surface area contributed by atoms with Crippen LogP contribution in [0.2, 0.25) is 0 Å². The molecule has 35 heavy (non-hydrogen) atoms. The molecule has 1 aliphatic heterocycles. The van der Waals surface area contributed by atoms with E-state index in [9.17, 15) is 29.7 Å². The summed E-state index contributed by atoms with van der Waals surface area (Å²) in [5, 5.41) is 35.4. The summed E-state index contributed by atoms with van der Waals surface area (Å²) in [4.78, 5) is 38.2. The van der Waals surface area contributed by atoms with Gasteiger partial charge in [0.25, 0.3) is 0 Å². The molecule has 0 saturated carbocycles. The lowest BCUT2D eigenvalue weighted by Crippen LogP contribution is -2.58. The molecule has 15 nitrogen and oxygen atoms in total. The number of aldehydes is 1. The Balaban J connectivity index is 2.03. The average Bonchev–Trinajstić information content (AvgIpc) is 2.86. The Morgan fingerprint density at radius 1 is 1.26 bits per heavy atom. The number of nitrogens with one attached hydrogen (secondary N) is 1. The lowest BCUT2D eigenvalue weighted by molar-refractivity contribution is -0.260. The molecule has 0 aliphatic carbocycles. The Morgan fingerprint density at radius 3 is 2.69 bits per heavy atom. The summed E-state index contributed by atoms with van der Waals surface area (Å²) in [5.41, 5.74) is 8.83. The van der Waals surface area contributed by atoms with Gasteiger partial charge >= 0.3 is 12.1 Å². The molecule has 1 aromatic carbocycles. The average molecular weight is 498 g/mol. The van der Waals surface area contributed by atoms with E-state index >= 15 is 0 Å². The van der Waals surface area contributed by atoms with Gasteiger partial charge < -0.3 is 43.8 Å². The minimum absolute atomic E-state index is 0.0550. The van der Waals surface area contributed by atoms with E-state index in [1.165, 1.54) is 18.2 Å². The zero-order chi connectivity index (χ0) is 25.8. The fourth-order valence-electron chi connectivity index (χ4n) is 3.06. The number of carbonyl (C=O) groups is 3. The van der Waals surface area contributed by atoms with Gasteiger partial charge in [-0.3, -0.25) is 5.32 Å². The Bertz CT molecular complexity index is 924. The number of amides is 1. The molecule has 1 saturated heterocycles. The number of benzene rings is 1. The fourth-order valence-corrected chi connectivity index (χ4v) is 3.06. The minimum Gasteiger partial charge on any atom is -0.489 e. The van der Waals surface area contributed by atoms with Crippen molar-refractivity contribution >= 4 is 24.0 Å². The monoisotopic (exact) mass is 498 g/mol. The fraction of sp³-hybridized carbons (Fsp3) is 0.550. The van der Waals surface area contributed by atoms with E-state index < -0.39 is 42.6 Å². The van der Waals surface area contributed by atoms with E-state index in [-0.39, 0.29) is 50.7 Å². The number of hydrogen-bond acceptors (Lipinski definition) is 12. The number of esters is 1. The standard InChI is InChI=1S/C20H26N4O11/c1-31-18(29)17-12(10-26)15(27)16(28)19(34-17)35-20(30)23-13-3-2-11(9-25)8-14(13)33-7-6-32-5-4-22-24-21/h2-3,8,10,12,15-17,19,25,27-28H,4-7,9H2,1H3,(H,23,30)/t12-,15?,16+,17-,19-/m0/s1. The topological polar surface area (TPSA) is 219 Å². The zero-order valence-corrected chi connectivity index (χ0v) is 18.7. The van der Waals surface area contributed by atoms with Crippen molar-refractivity contribution in [2.24, 2.45) is 11.0 Å². The molecule has 1 aromatic rings. The zero-order valence-electron chi connectivity index (χ0n) is 18.7. The number of methoxy groups -OCH3 is 1. The lowest BCUT2D eigenvalue weighted by Gasteiger charge is -2.38. The number of azide groups is 1. The normalized spacial score (nSPS) is 23.5. The molecule has 4 N–H and O–H groups in total. The van der Waals surface area contributed by atoms with E-state index in [2.05, 4.69) is 20.1 Å². The molecule has 0 aromatic heterocycles. The van der Waals surface area contributed by atoms with E-state index in [0.29, 0.717) is 5.56 Å². The minimum atomic E-state index is -1.83. The number of carbonyl (C=O) groups excluding carboxylic acids is 3. The number of hydrogen-bond donors (Lipinski definition) is 4. The number of anilines is 1. The van der Waals surface area contributed by atoms with Crippen molar-refractivity contribution in [1.29, 1.82) is 0 Å². The highest BCUT2D eigenvalue weighted by Gasteiger charge is 2.49. The number of aliphatic hydroxyl groups is 3. The first-order valence-corrected chi connectivity index (χ1v) is 10.3. The van der Waals surface area contributed by atoms with Crippen molar-refractivity contribution in [3.05, 3.63) is 34.2 Å². The van der Waals surface area contributed by atoms with Gasteiger partial charge in [-0.15, -0.1) is 0 Å². The van der Waals surface area contributed by atoms with Crippen LogP contribution in [-0.4, -0.2) is 91.7 Å². The van der Waals surface area contributed by atoms with Crippen LogP contribution >= 0.6 is 0 Å². The number of aliphatic hydroxyl groups excluding tert-OH is 3. The Kier molecular flexibility index (Phi) is 11.2. The summed E-state index contributed by atoms with van der Waals surface area (Å²) in [5.74, 6) is -2.27. The first-order valence-electron chi connectivity index (χ1n) is 10.3. The maximum absolute atomic E-state index is 12.5. The molecule has 1 amide bonds. The molecule has 5 atom stereocenters. The third-order valence-corrected chi connectivity index (χ3v) is 4.82. The molecular formula is C20H26N4O11. The van der Waals surface area contributed by atoms with E-state index in [1.807, 2.05) is 0 Å². The Hall–Kier alpha value is -3.46.